The van der Waals surface area contributed by atoms with Crippen molar-refractivity contribution >= 4 is 16.0 Å². The lowest BCUT2D eigenvalue weighted by molar-refractivity contribution is 0.0693. The fraction of sp³-hybridized carbons (Fsp3) is 0.182. The molecule has 2 N–H and O–H groups in total. The quantitative estimate of drug-likeness (QED) is 0.769. The number of carboxylic acid groups (broad SMARTS) is 1. The Hall–Kier alpha value is -2.04. The van der Waals surface area contributed by atoms with Gasteiger partial charge in [0, 0.05) is 7.05 Å². The Morgan fingerprint density at radius 1 is 1.50 bits per heavy atom. The van der Waals surface area contributed by atoms with E-state index in [-0.39, 0.29) is 11.4 Å². The van der Waals surface area contributed by atoms with E-state index in [9.17, 15) is 18.3 Å². The van der Waals surface area contributed by atoms with Crippen molar-refractivity contribution in [3.05, 3.63) is 23.8 Å². The van der Waals surface area contributed by atoms with Crippen LogP contribution in [0.5, 0.6) is 5.75 Å². The maximum Gasteiger partial charge on any atom is 0.339 e. The third kappa shape index (κ3) is 2.61. The van der Waals surface area contributed by atoms with Gasteiger partial charge in [-0.2, -0.15) is 4.31 Å². The largest absolute Gasteiger partial charge is 0.507 e. The summed E-state index contributed by atoms with van der Waals surface area (Å²) in [5.41, 5.74) is -0.481. The molecule has 0 aromatic heterocycles. The number of hydrogen-bond acceptors (Lipinski definition) is 4. The summed E-state index contributed by atoms with van der Waals surface area (Å²) in [6.07, 6.45) is 5.02. The van der Waals surface area contributed by atoms with E-state index in [1.165, 1.54) is 7.05 Å². The number of aromatic hydroxyl groups is 1. The molecule has 1 aromatic carbocycles. The van der Waals surface area contributed by atoms with Gasteiger partial charge in [0.25, 0.3) is 0 Å². The van der Waals surface area contributed by atoms with Crippen molar-refractivity contribution in [3.8, 4) is 18.1 Å². The molecule has 0 saturated heterocycles. The van der Waals surface area contributed by atoms with Crippen LogP contribution < -0.4 is 0 Å². The van der Waals surface area contributed by atoms with Gasteiger partial charge in [-0.25, -0.2) is 13.2 Å². The highest BCUT2D eigenvalue weighted by Gasteiger charge is 2.22. The first-order valence-corrected chi connectivity index (χ1v) is 6.21. The molecule has 18 heavy (non-hydrogen) atoms. The first-order valence-electron chi connectivity index (χ1n) is 4.77. The van der Waals surface area contributed by atoms with Crippen LogP contribution in [-0.2, 0) is 10.0 Å². The standard InChI is InChI=1S/C11H11NO5S/c1-3-6-12(2)18(16,17)8-4-5-10(13)9(7-8)11(14)15/h1,4-5,7,13H,6H2,2H3,(H,14,15). The van der Waals surface area contributed by atoms with Crippen molar-refractivity contribution in [1.29, 1.82) is 0 Å². The molecule has 96 valence electrons. The third-order valence-electron chi connectivity index (χ3n) is 2.22. The van der Waals surface area contributed by atoms with Gasteiger partial charge in [-0.15, -0.1) is 6.42 Å². The fourth-order valence-electron chi connectivity index (χ4n) is 1.24. The number of aromatic carboxylic acids is 1. The van der Waals surface area contributed by atoms with Gasteiger partial charge in [0.2, 0.25) is 10.0 Å². The molecule has 1 aromatic rings. The van der Waals surface area contributed by atoms with Crippen molar-refractivity contribution in [2.75, 3.05) is 13.6 Å². The number of phenols is 1. The Kier molecular flexibility index (Phi) is 3.96. The maximum absolute atomic E-state index is 12.0. The summed E-state index contributed by atoms with van der Waals surface area (Å²) in [5.74, 6) is 0.261. The van der Waals surface area contributed by atoms with E-state index < -0.39 is 27.3 Å². The number of carboxylic acids is 1. The first kappa shape index (κ1) is 14.0. The normalized spacial score (nSPS) is 11.2. The van der Waals surface area contributed by atoms with E-state index in [0.717, 1.165) is 22.5 Å². The van der Waals surface area contributed by atoms with E-state index >= 15 is 0 Å². The molecular formula is C11H11NO5S. The number of nitrogens with zero attached hydrogens (tertiary/aromatic N) is 1. The summed E-state index contributed by atoms with van der Waals surface area (Å²) in [4.78, 5) is 10.6. The fourth-order valence-corrected chi connectivity index (χ4v) is 2.35. The SMILES string of the molecule is C#CCN(C)S(=O)(=O)c1ccc(O)c(C(=O)O)c1. The summed E-state index contributed by atoms with van der Waals surface area (Å²) < 4.78 is 24.8. The van der Waals surface area contributed by atoms with Crippen LogP contribution in [0.15, 0.2) is 23.1 Å². The predicted octanol–water partition coefficient (Wildman–Crippen LogP) is 0.344. The highest BCUT2D eigenvalue weighted by atomic mass is 32.2. The topological polar surface area (TPSA) is 94.9 Å². The molecule has 0 aliphatic carbocycles. The summed E-state index contributed by atoms with van der Waals surface area (Å²) in [5, 5.41) is 18.1. The molecule has 0 heterocycles. The van der Waals surface area contributed by atoms with Crippen molar-refractivity contribution < 1.29 is 23.4 Å². The average Bonchev–Trinajstić information content (AvgIpc) is 2.29. The van der Waals surface area contributed by atoms with Crippen molar-refractivity contribution in [1.82, 2.24) is 4.31 Å². The van der Waals surface area contributed by atoms with E-state index in [1.54, 1.807) is 0 Å². The third-order valence-corrected chi connectivity index (χ3v) is 4.02. The van der Waals surface area contributed by atoms with Crippen LogP contribution >= 0.6 is 0 Å². The van der Waals surface area contributed by atoms with Crippen molar-refractivity contribution in [2.45, 2.75) is 4.90 Å². The maximum atomic E-state index is 12.0. The number of sulfonamides is 1. The lowest BCUT2D eigenvalue weighted by Gasteiger charge is -2.14. The Labute approximate surface area is 105 Å². The highest BCUT2D eigenvalue weighted by Crippen LogP contribution is 2.23. The molecule has 0 fully saturated rings. The van der Waals surface area contributed by atoms with E-state index in [4.69, 9.17) is 11.5 Å². The van der Waals surface area contributed by atoms with Crippen LogP contribution in [0.1, 0.15) is 10.4 Å². The number of carbonyl (C=O) groups is 1. The second-order valence-electron chi connectivity index (χ2n) is 3.45. The van der Waals surface area contributed by atoms with E-state index in [1.807, 2.05) is 0 Å². The predicted molar refractivity (Wildman–Crippen MR) is 63.7 cm³/mol. The van der Waals surface area contributed by atoms with Crippen LogP contribution in [0.25, 0.3) is 0 Å². The minimum atomic E-state index is -3.86. The van der Waals surface area contributed by atoms with Gasteiger partial charge < -0.3 is 10.2 Å². The van der Waals surface area contributed by atoms with Gasteiger partial charge in [-0.05, 0) is 18.2 Å². The molecule has 0 unspecified atom stereocenters. The molecule has 0 saturated carbocycles. The zero-order valence-corrected chi connectivity index (χ0v) is 10.3. The Morgan fingerprint density at radius 3 is 2.61 bits per heavy atom. The smallest absolute Gasteiger partial charge is 0.339 e. The molecule has 7 heteroatoms. The van der Waals surface area contributed by atoms with Gasteiger partial charge in [-0.3, -0.25) is 0 Å². The molecule has 0 aliphatic rings. The minimum Gasteiger partial charge on any atom is -0.507 e. The number of hydrogen-bond donors (Lipinski definition) is 2. The van der Waals surface area contributed by atoms with Crippen LogP contribution in [0.2, 0.25) is 0 Å². The van der Waals surface area contributed by atoms with Gasteiger partial charge in [0.15, 0.2) is 0 Å². The molecule has 0 radical (unpaired) electrons. The Bertz CT molecular complexity index is 615. The zero-order chi connectivity index (χ0) is 13.9. The van der Waals surface area contributed by atoms with Gasteiger partial charge in [-0.1, -0.05) is 5.92 Å². The van der Waals surface area contributed by atoms with Crippen molar-refractivity contribution in [2.24, 2.45) is 0 Å². The average molecular weight is 269 g/mol. The summed E-state index contributed by atoms with van der Waals surface area (Å²) >= 11 is 0. The van der Waals surface area contributed by atoms with Crippen molar-refractivity contribution in [3.63, 3.8) is 0 Å². The second kappa shape index (κ2) is 5.08. The molecule has 1 rings (SSSR count). The number of benzene rings is 1. The zero-order valence-electron chi connectivity index (χ0n) is 9.49. The minimum absolute atomic E-state index is 0.133. The van der Waals surface area contributed by atoms with E-state index in [2.05, 4.69) is 5.92 Å². The van der Waals surface area contributed by atoms with Gasteiger partial charge in [0.05, 0.1) is 11.4 Å². The van der Waals surface area contributed by atoms with Gasteiger partial charge in [0.1, 0.15) is 11.3 Å². The van der Waals surface area contributed by atoms with Gasteiger partial charge >= 0.3 is 5.97 Å². The molecular weight excluding hydrogens is 258 g/mol. The van der Waals surface area contributed by atoms with Crippen LogP contribution in [0, 0.1) is 12.3 Å². The van der Waals surface area contributed by atoms with E-state index in [0.29, 0.717) is 0 Å². The molecule has 0 aliphatic heterocycles. The number of terminal acetylenes is 1. The molecule has 0 bridgehead atoms. The molecule has 0 spiro atoms. The Balaban J connectivity index is 3.31. The monoisotopic (exact) mass is 269 g/mol. The number of rotatable bonds is 4. The second-order valence-corrected chi connectivity index (χ2v) is 5.49. The van der Waals surface area contributed by atoms with Crippen LogP contribution in [-0.4, -0.2) is 42.5 Å². The summed E-state index contributed by atoms with van der Waals surface area (Å²) in [7, 11) is -2.58. The lowest BCUT2D eigenvalue weighted by atomic mass is 10.2. The molecule has 6 nitrogen and oxygen atoms in total. The van der Waals surface area contributed by atoms with Crippen LogP contribution in [0.3, 0.4) is 0 Å². The first-order chi connectivity index (χ1) is 8.30. The highest BCUT2D eigenvalue weighted by molar-refractivity contribution is 7.89. The van der Waals surface area contributed by atoms with Crippen LogP contribution in [0.4, 0.5) is 0 Å². The summed E-state index contributed by atoms with van der Waals surface area (Å²) in [6.45, 7) is -0.133. The molecule has 0 amide bonds. The Morgan fingerprint density at radius 2 is 2.11 bits per heavy atom. The molecule has 0 atom stereocenters. The summed E-state index contributed by atoms with van der Waals surface area (Å²) in [6, 6.07) is 3.02. The lowest BCUT2D eigenvalue weighted by Crippen LogP contribution is -2.27.